The number of benzene rings is 1. The highest BCUT2D eigenvalue weighted by Crippen LogP contribution is 2.23. The quantitative estimate of drug-likeness (QED) is 0.848. The summed E-state index contributed by atoms with van der Waals surface area (Å²) in [6, 6.07) is 10.2. The zero-order valence-electron chi connectivity index (χ0n) is 11.2. The molecule has 1 unspecified atom stereocenters. The highest BCUT2D eigenvalue weighted by Gasteiger charge is 2.18. The molecule has 1 amide bonds. The molecule has 0 aromatic heterocycles. The van der Waals surface area contributed by atoms with Crippen LogP contribution >= 0.6 is 0 Å². The van der Waals surface area contributed by atoms with Crippen LogP contribution in [-0.2, 0) is 11.2 Å². The van der Waals surface area contributed by atoms with Crippen LogP contribution in [0, 0.1) is 11.8 Å². The molecule has 1 saturated carbocycles. The van der Waals surface area contributed by atoms with E-state index in [9.17, 15) is 4.79 Å². The van der Waals surface area contributed by atoms with Crippen LogP contribution < -0.4 is 5.32 Å². The van der Waals surface area contributed by atoms with Gasteiger partial charge in [0.1, 0.15) is 0 Å². The molecule has 0 spiro atoms. The summed E-state index contributed by atoms with van der Waals surface area (Å²) in [5, 5.41) is 3.11. The monoisotopic (exact) mass is 245 g/mol. The third-order valence-electron chi connectivity index (χ3n) is 3.87. The van der Waals surface area contributed by atoms with Crippen LogP contribution in [0.15, 0.2) is 30.3 Å². The molecular formula is C16H23NO. The maximum atomic E-state index is 12.0. The zero-order valence-corrected chi connectivity index (χ0v) is 11.2. The molecule has 1 aromatic rings. The highest BCUT2D eigenvalue weighted by atomic mass is 16.1. The predicted octanol–water partition coefficient (Wildman–Crippen LogP) is 3.17. The van der Waals surface area contributed by atoms with Gasteiger partial charge in [0.25, 0.3) is 0 Å². The molecule has 2 nitrogen and oxygen atoms in total. The smallest absolute Gasteiger partial charge is 0.223 e. The van der Waals surface area contributed by atoms with Crippen molar-refractivity contribution in [1.29, 1.82) is 0 Å². The Morgan fingerprint density at radius 3 is 2.61 bits per heavy atom. The second-order valence-corrected chi connectivity index (χ2v) is 5.49. The molecular weight excluding hydrogens is 222 g/mol. The van der Waals surface area contributed by atoms with E-state index < -0.39 is 0 Å². The number of carbonyl (C=O) groups is 1. The summed E-state index contributed by atoms with van der Waals surface area (Å²) < 4.78 is 0. The Morgan fingerprint density at radius 1 is 1.28 bits per heavy atom. The van der Waals surface area contributed by atoms with Gasteiger partial charge in [-0.2, -0.15) is 0 Å². The van der Waals surface area contributed by atoms with Gasteiger partial charge in [-0.25, -0.2) is 0 Å². The second-order valence-electron chi connectivity index (χ2n) is 5.49. The zero-order chi connectivity index (χ0) is 12.8. The van der Waals surface area contributed by atoms with Gasteiger partial charge in [-0.05, 0) is 30.7 Å². The Labute approximate surface area is 110 Å². The molecule has 1 atom stereocenters. The number of carbonyl (C=O) groups excluding carboxylic acids is 1. The first-order valence-corrected chi connectivity index (χ1v) is 7.07. The van der Waals surface area contributed by atoms with Crippen LogP contribution in [0.25, 0.3) is 0 Å². The fraction of sp³-hybridized carbons (Fsp3) is 0.562. The first-order valence-electron chi connectivity index (χ1n) is 7.07. The van der Waals surface area contributed by atoms with Crippen molar-refractivity contribution < 1.29 is 4.79 Å². The molecule has 0 aliphatic heterocycles. The number of hydrogen-bond donors (Lipinski definition) is 1. The third kappa shape index (κ3) is 3.86. The van der Waals surface area contributed by atoms with Crippen molar-refractivity contribution >= 4 is 5.91 Å². The van der Waals surface area contributed by atoms with Gasteiger partial charge in [-0.1, -0.05) is 50.1 Å². The van der Waals surface area contributed by atoms with Crippen LogP contribution in [0.1, 0.15) is 38.2 Å². The Balaban J connectivity index is 1.74. The van der Waals surface area contributed by atoms with Crippen LogP contribution in [0.3, 0.4) is 0 Å². The number of amides is 1. The van der Waals surface area contributed by atoms with E-state index >= 15 is 0 Å². The molecule has 0 radical (unpaired) electrons. The molecule has 0 heterocycles. The molecule has 2 rings (SSSR count). The summed E-state index contributed by atoms with van der Waals surface area (Å²) in [5.74, 6) is 0.984. The molecule has 0 saturated heterocycles. The van der Waals surface area contributed by atoms with Crippen molar-refractivity contribution in [3.8, 4) is 0 Å². The average Bonchev–Trinajstić information content (AvgIpc) is 2.90. The maximum absolute atomic E-state index is 12.0. The molecule has 0 bridgehead atoms. The molecule has 2 heteroatoms. The molecule has 18 heavy (non-hydrogen) atoms. The first kappa shape index (κ1) is 13.1. The summed E-state index contributed by atoms with van der Waals surface area (Å²) in [4.78, 5) is 12.0. The number of hydrogen-bond acceptors (Lipinski definition) is 1. The van der Waals surface area contributed by atoms with Gasteiger partial charge in [-0.15, -0.1) is 0 Å². The lowest BCUT2D eigenvalue weighted by atomic mass is 10.00. The van der Waals surface area contributed by atoms with E-state index in [2.05, 4.69) is 17.4 Å². The van der Waals surface area contributed by atoms with Crippen molar-refractivity contribution in [3.63, 3.8) is 0 Å². The molecule has 1 aliphatic rings. The van der Waals surface area contributed by atoms with E-state index in [4.69, 9.17) is 0 Å². The molecule has 1 aromatic carbocycles. The van der Waals surface area contributed by atoms with Gasteiger partial charge in [0.15, 0.2) is 0 Å². The van der Waals surface area contributed by atoms with Crippen LogP contribution in [0.5, 0.6) is 0 Å². The fourth-order valence-corrected chi connectivity index (χ4v) is 2.69. The van der Waals surface area contributed by atoms with Crippen LogP contribution in [-0.4, -0.2) is 12.5 Å². The molecule has 1 fully saturated rings. The van der Waals surface area contributed by atoms with Gasteiger partial charge < -0.3 is 5.32 Å². The Bertz CT molecular complexity index is 368. The molecule has 98 valence electrons. The van der Waals surface area contributed by atoms with Gasteiger partial charge in [-0.3, -0.25) is 4.79 Å². The Hall–Kier alpha value is -1.31. The maximum Gasteiger partial charge on any atom is 0.223 e. The van der Waals surface area contributed by atoms with E-state index in [1.165, 1.54) is 31.2 Å². The average molecular weight is 245 g/mol. The summed E-state index contributed by atoms with van der Waals surface area (Å²) in [7, 11) is 0. The standard InChI is InChI=1S/C16H23NO/c1-13(11-14-7-3-2-4-8-14)16(18)17-12-15-9-5-6-10-15/h2-4,7-8,13,15H,5-6,9-12H2,1H3,(H,17,18). The number of nitrogens with one attached hydrogen (secondary N) is 1. The van der Waals surface area contributed by atoms with E-state index in [-0.39, 0.29) is 11.8 Å². The largest absolute Gasteiger partial charge is 0.356 e. The highest BCUT2D eigenvalue weighted by molar-refractivity contribution is 5.78. The summed E-state index contributed by atoms with van der Waals surface area (Å²) in [6.45, 7) is 2.88. The second kappa shape index (κ2) is 6.58. The van der Waals surface area contributed by atoms with Gasteiger partial charge in [0, 0.05) is 12.5 Å². The SMILES string of the molecule is CC(Cc1ccccc1)C(=O)NCC1CCCC1. The summed E-state index contributed by atoms with van der Waals surface area (Å²) >= 11 is 0. The van der Waals surface area contributed by atoms with Gasteiger partial charge >= 0.3 is 0 Å². The number of rotatable bonds is 5. The Kier molecular flexibility index (Phi) is 4.80. The van der Waals surface area contributed by atoms with Crippen molar-refractivity contribution in [2.45, 2.75) is 39.0 Å². The minimum atomic E-state index is 0.0637. The fourth-order valence-electron chi connectivity index (χ4n) is 2.69. The Morgan fingerprint density at radius 2 is 1.94 bits per heavy atom. The summed E-state index contributed by atoms with van der Waals surface area (Å²) in [6.07, 6.45) is 6.07. The van der Waals surface area contributed by atoms with E-state index in [0.29, 0.717) is 0 Å². The van der Waals surface area contributed by atoms with Crippen LogP contribution in [0.2, 0.25) is 0 Å². The van der Waals surface area contributed by atoms with E-state index in [1.54, 1.807) is 0 Å². The van der Waals surface area contributed by atoms with Crippen molar-refractivity contribution in [2.24, 2.45) is 11.8 Å². The predicted molar refractivity (Wildman–Crippen MR) is 74.3 cm³/mol. The van der Waals surface area contributed by atoms with E-state index in [1.807, 2.05) is 25.1 Å². The first-order chi connectivity index (χ1) is 8.75. The third-order valence-corrected chi connectivity index (χ3v) is 3.87. The van der Waals surface area contributed by atoms with Crippen molar-refractivity contribution in [2.75, 3.05) is 6.54 Å². The van der Waals surface area contributed by atoms with Crippen molar-refractivity contribution in [1.82, 2.24) is 5.32 Å². The van der Waals surface area contributed by atoms with E-state index in [0.717, 1.165) is 18.9 Å². The lowest BCUT2D eigenvalue weighted by Crippen LogP contribution is -2.33. The molecule has 1 aliphatic carbocycles. The van der Waals surface area contributed by atoms with Gasteiger partial charge in [0.2, 0.25) is 5.91 Å². The normalized spacial score (nSPS) is 17.6. The van der Waals surface area contributed by atoms with Gasteiger partial charge in [0.05, 0.1) is 0 Å². The lowest BCUT2D eigenvalue weighted by Gasteiger charge is -2.15. The topological polar surface area (TPSA) is 29.1 Å². The minimum Gasteiger partial charge on any atom is -0.356 e. The van der Waals surface area contributed by atoms with Crippen LogP contribution in [0.4, 0.5) is 0 Å². The molecule has 1 N–H and O–H groups in total. The van der Waals surface area contributed by atoms with Crippen molar-refractivity contribution in [3.05, 3.63) is 35.9 Å². The lowest BCUT2D eigenvalue weighted by molar-refractivity contribution is -0.124. The minimum absolute atomic E-state index is 0.0637. The summed E-state index contributed by atoms with van der Waals surface area (Å²) in [5.41, 5.74) is 1.24.